The fourth-order valence-corrected chi connectivity index (χ4v) is 5.64. The highest BCUT2D eigenvalue weighted by Crippen LogP contribution is 2.45. The Morgan fingerprint density at radius 3 is 1.95 bits per heavy atom. The number of aliphatic hydroxyl groups is 2. The Kier molecular flexibility index (Phi) is 6.39. The molecule has 6 aromatic rings. The van der Waals surface area contributed by atoms with Gasteiger partial charge in [-0.2, -0.15) is 4.40 Å². The van der Waals surface area contributed by atoms with E-state index >= 15 is 0 Å². The van der Waals surface area contributed by atoms with Crippen molar-refractivity contribution in [3.05, 3.63) is 108 Å². The van der Waals surface area contributed by atoms with E-state index in [9.17, 15) is 10.2 Å². The second-order valence-corrected chi connectivity index (χ2v) is 9.72. The van der Waals surface area contributed by atoms with Crippen molar-refractivity contribution in [2.24, 2.45) is 0 Å². The standard InChI is InChI=1S/C34H30NO4/c1-21-29-16-27(20-37)26(19-36)15-25(29)17-32-31-18-30(34(39-3)33(38-2)28(31)13-14-35(21)32)24-11-9-23(10-12-24)22-7-5-4-6-8-22/h4-18,36-37H,19-20H2,1-3H3/q+1. The summed E-state index contributed by atoms with van der Waals surface area (Å²) in [5.74, 6) is 1.37. The number of ether oxygens (including phenoxy) is 2. The number of fused-ring (bicyclic) bond motifs is 4. The van der Waals surface area contributed by atoms with Gasteiger partial charge in [0.15, 0.2) is 23.4 Å². The Labute approximate surface area is 227 Å². The van der Waals surface area contributed by atoms with Gasteiger partial charge < -0.3 is 19.7 Å². The van der Waals surface area contributed by atoms with Crippen LogP contribution < -0.4 is 13.9 Å². The third-order valence-electron chi connectivity index (χ3n) is 7.67. The van der Waals surface area contributed by atoms with Gasteiger partial charge in [-0.3, -0.25) is 0 Å². The van der Waals surface area contributed by atoms with Gasteiger partial charge in [-0.05, 0) is 51.4 Å². The summed E-state index contributed by atoms with van der Waals surface area (Å²) in [5, 5.41) is 23.8. The normalized spacial score (nSPS) is 11.4. The summed E-state index contributed by atoms with van der Waals surface area (Å²) in [6.45, 7) is 1.83. The quantitative estimate of drug-likeness (QED) is 0.153. The number of rotatable bonds is 6. The van der Waals surface area contributed by atoms with E-state index in [2.05, 4.69) is 65.9 Å². The Hall–Kier alpha value is -4.45. The van der Waals surface area contributed by atoms with Gasteiger partial charge in [0.1, 0.15) is 0 Å². The molecule has 0 aliphatic carbocycles. The van der Waals surface area contributed by atoms with Crippen molar-refractivity contribution < 1.29 is 24.1 Å². The zero-order valence-corrected chi connectivity index (χ0v) is 22.2. The predicted molar refractivity (Wildman–Crippen MR) is 155 cm³/mol. The SMILES string of the molecule is COc1c(-c2ccc(-c3ccccc3)cc2)cc2c(cc[n+]3c(C)c4cc(CO)c(CO)cc4cc23)c1OC. The maximum absolute atomic E-state index is 9.90. The van der Waals surface area contributed by atoms with Crippen LogP contribution in [0.25, 0.3) is 49.3 Å². The second-order valence-electron chi connectivity index (χ2n) is 9.72. The molecule has 0 saturated heterocycles. The van der Waals surface area contributed by atoms with E-state index in [-0.39, 0.29) is 13.2 Å². The van der Waals surface area contributed by atoms with Gasteiger partial charge in [-0.1, -0.05) is 54.6 Å². The lowest BCUT2D eigenvalue weighted by Gasteiger charge is -2.16. The molecule has 0 spiro atoms. The molecule has 2 heterocycles. The van der Waals surface area contributed by atoms with Crippen molar-refractivity contribution in [1.82, 2.24) is 0 Å². The van der Waals surface area contributed by atoms with Crippen LogP contribution in [0, 0.1) is 6.92 Å². The first-order valence-electron chi connectivity index (χ1n) is 12.9. The lowest BCUT2D eigenvalue weighted by Crippen LogP contribution is -2.26. The Morgan fingerprint density at radius 1 is 0.641 bits per heavy atom. The number of hydrogen-bond donors (Lipinski definition) is 2. The van der Waals surface area contributed by atoms with Gasteiger partial charge in [0.25, 0.3) is 0 Å². The number of aromatic nitrogens is 1. The van der Waals surface area contributed by atoms with Gasteiger partial charge in [-0.15, -0.1) is 0 Å². The summed E-state index contributed by atoms with van der Waals surface area (Å²) >= 11 is 0. The smallest absolute Gasteiger partial charge is 0.219 e. The Bertz CT molecular complexity index is 1840. The van der Waals surface area contributed by atoms with E-state index in [1.54, 1.807) is 14.2 Å². The summed E-state index contributed by atoms with van der Waals surface area (Å²) in [7, 11) is 3.35. The number of methoxy groups -OCH3 is 2. The number of benzene rings is 4. The molecule has 0 bridgehead atoms. The Morgan fingerprint density at radius 2 is 1.28 bits per heavy atom. The highest BCUT2D eigenvalue weighted by atomic mass is 16.5. The van der Waals surface area contributed by atoms with Gasteiger partial charge >= 0.3 is 0 Å². The maximum atomic E-state index is 9.90. The molecule has 2 N–H and O–H groups in total. The third-order valence-corrected chi connectivity index (χ3v) is 7.67. The molecule has 194 valence electrons. The van der Waals surface area contributed by atoms with E-state index < -0.39 is 0 Å². The fourth-order valence-electron chi connectivity index (χ4n) is 5.64. The maximum Gasteiger partial charge on any atom is 0.219 e. The molecule has 2 aromatic heterocycles. The predicted octanol–water partition coefficient (Wildman–Crippen LogP) is 6.38. The molecular weight excluding hydrogens is 486 g/mol. The summed E-state index contributed by atoms with van der Waals surface area (Å²) in [4.78, 5) is 0. The molecule has 0 aliphatic heterocycles. The molecule has 0 aliphatic rings. The van der Waals surface area contributed by atoms with Gasteiger partial charge in [0, 0.05) is 35.4 Å². The number of hydrogen-bond acceptors (Lipinski definition) is 4. The number of nitrogens with zero attached hydrogens (tertiary/aromatic N) is 1. The van der Waals surface area contributed by atoms with Gasteiger partial charge in [0.2, 0.25) is 5.52 Å². The van der Waals surface area contributed by atoms with Crippen molar-refractivity contribution in [3.63, 3.8) is 0 Å². The minimum atomic E-state index is -0.125. The van der Waals surface area contributed by atoms with Crippen LogP contribution >= 0.6 is 0 Å². The first-order valence-corrected chi connectivity index (χ1v) is 12.9. The minimum absolute atomic E-state index is 0.116. The molecular formula is C34H30NO4+. The fraction of sp³-hybridized carbons (Fsp3) is 0.147. The van der Waals surface area contributed by atoms with Crippen LogP contribution in [0.3, 0.4) is 0 Å². The first kappa shape index (κ1) is 24.9. The van der Waals surface area contributed by atoms with Crippen LogP contribution in [-0.2, 0) is 13.2 Å². The molecule has 5 nitrogen and oxygen atoms in total. The molecule has 39 heavy (non-hydrogen) atoms. The number of aryl methyl sites for hydroxylation is 1. The van der Waals surface area contributed by atoms with Crippen molar-refractivity contribution in [2.75, 3.05) is 14.2 Å². The average Bonchev–Trinajstić information content (AvgIpc) is 2.99. The second kappa shape index (κ2) is 10.0. The van der Waals surface area contributed by atoms with Crippen LogP contribution in [0.2, 0.25) is 0 Å². The largest absolute Gasteiger partial charge is 0.492 e. The highest BCUT2D eigenvalue weighted by molar-refractivity contribution is 6.05. The van der Waals surface area contributed by atoms with Gasteiger partial charge in [-0.25, -0.2) is 0 Å². The Balaban J connectivity index is 1.63. The molecule has 0 atom stereocenters. The topological polar surface area (TPSA) is 63.0 Å². The van der Waals surface area contributed by atoms with Crippen LogP contribution in [0.15, 0.2) is 91.1 Å². The van der Waals surface area contributed by atoms with E-state index in [1.165, 1.54) is 5.56 Å². The van der Waals surface area contributed by atoms with E-state index in [0.29, 0.717) is 11.5 Å². The molecule has 6 rings (SSSR count). The molecule has 0 radical (unpaired) electrons. The molecule has 0 saturated carbocycles. The zero-order valence-electron chi connectivity index (χ0n) is 22.2. The third kappa shape index (κ3) is 4.07. The molecule has 0 fully saturated rings. The van der Waals surface area contributed by atoms with E-state index in [0.717, 1.165) is 60.6 Å². The molecule has 0 unspecified atom stereocenters. The molecule has 4 aromatic carbocycles. The van der Waals surface area contributed by atoms with Crippen molar-refractivity contribution in [2.45, 2.75) is 20.1 Å². The summed E-state index contributed by atoms with van der Waals surface area (Å²) < 4.78 is 14.0. The summed E-state index contributed by atoms with van der Waals surface area (Å²) in [6, 6.07) is 29.1. The monoisotopic (exact) mass is 516 g/mol. The zero-order chi connectivity index (χ0) is 27.1. The van der Waals surface area contributed by atoms with Crippen LogP contribution in [-0.4, -0.2) is 24.4 Å². The van der Waals surface area contributed by atoms with Crippen LogP contribution in [0.1, 0.15) is 16.8 Å². The average molecular weight is 517 g/mol. The highest BCUT2D eigenvalue weighted by Gasteiger charge is 2.23. The van der Waals surface area contributed by atoms with Crippen LogP contribution in [0.5, 0.6) is 11.5 Å². The van der Waals surface area contributed by atoms with E-state index in [1.807, 2.05) is 36.5 Å². The first-order chi connectivity index (χ1) is 19.1. The van der Waals surface area contributed by atoms with Crippen molar-refractivity contribution >= 4 is 27.1 Å². The van der Waals surface area contributed by atoms with Crippen LogP contribution in [0.4, 0.5) is 0 Å². The summed E-state index contributed by atoms with van der Waals surface area (Å²) in [5.41, 5.74) is 7.82. The lowest BCUT2D eigenvalue weighted by molar-refractivity contribution is -0.516. The molecule has 5 heteroatoms. The van der Waals surface area contributed by atoms with Crippen molar-refractivity contribution in [1.29, 1.82) is 0 Å². The van der Waals surface area contributed by atoms with E-state index in [4.69, 9.17) is 9.47 Å². The minimum Gasteiger partial charge on any atom is -0.492 e. The molecule has 0 amide bonds. The van der Waals surface area contributed by atoms with Gasteiger partial charge in [0.05, 0.1) is 32.8 Å². The van der Waals surface area contributed by atoms with Crippen molar-refractivity contribution in [3.8, 4) is 33.8 Å². The summed E-state index contributed by atoms with van der Waals surface area (Å²) in [6.07, 6.45) is 2.04. The lowest BCUT2D eigenvalue weighted by atomic mass is 9.95. The number of aliphatic hydroxyl groups excluding tert-OH is 2. The number of pyridine rings is 2.